The lowest BCUT2D eigenvalue weighted by atomic mass is 10.2. The van der Waals surface area contributed by atoms with Crippen molar-refractivity contribution in [3.8, 4) is 0 Å². The number of hydrogen-bond acceptors (Lipinski definition) is 3. The molecule has 0 N–H and O–H groups in total. The predicted octanol–water partition coefficient (Wildman–Crippen LogP) is 2.18. The molecule has 1 saturated carbocycles. The van der Waals surface area contributed by atoms with Gasteiger partial charge in [0.25, 0.3) is 10.0 Å². The van der Waals surface area contributed by atoms with Gasteiger partial charge in [-0.15, -0.1) is 4.40 Å². The number of halogens is 2. The second-order valence-electron chi connectivity index (χ2n) is 4.04. The third-order valence-corrected chi connectivity index (χ3v) is 4.60. The Bertz CT molecular complexity index is 625. The second kappa shape index (κ2) is 3.43. The molecule has 1 heterocycles. The molecule has 0 atom stereocenters. The van der Waals surface area contributed by atoms with Crippen LogP contribution in [0, 0.1) is 5.82 Å². The van der Waals surface area contributed by atoms with Crippen LogP contribution in [-0.4, -0.2) is 20.8 Å². The molecular weight excluding hydrogens is 267 g/mol. The summed E-state index contributed by atoms with van der Waals surface area (Å²) in [7, 11) is -3.88. The number of rotatable bonds is 1. The fourth-order valence-corrected chi connectivity index (χ4v) is 3.39. The van der Waals surface area contributed by atoms with Crippen LogP contribution in [0.4, 0.5) is 10.1 Å². The fourth-order valence-electron chi connectivity index (χ4n) is 1.84. The Balaban J connectivity index is 2.28. The lowest BCUT2D eigenvalue weighted by Crippen LogP contribution is -2.29. The molecule has 1 fully saturated rings. The highest BCUT2D eigenvalue weighted by atomic mass is 35.5. The van der Waals surface area contributed by atoms with E-state index < -0.39 is 15.8 Å². The highest BCUT2D eigenvalue weighted by molar-refractivity contribution is 7.90. The molecule has 0 unspecified atom stereocenters. The van der Waals surface area contributed by atoms with Gasteiger partial charge in [0, 0.05) is 6.04 Å². The maximum absolute atomic E-state index is 13.3. The van der Waals surface area contributed by atoms with Gasteiger partial charge in [-0.2, -0.15) is 8.42 Å². The number of sulfonamides is 1. The van der Waals surface area contributed by atoms with E-state index in [1.807, 2.05) is 0 Å². The molecule has 3 rings (SSSR count). The summed E-state index contributed by atoms with van der Waals surface area (Å²) in [6.07, 6.45) is 3.23. The average molecular weight is 275 g/mol. The summed E-state index contributed by atoms with van der Waals surface area (Å²) >= 11 is 5.73. The molecule has 0 aromatic heterocycles. The van der Waals surface area contributed by atoms with Gasteiger partial charge < -0.3 is 4.90 Å². The molecule has 1 aliphatic heterocycles. The SMILES string of the molecule is O=S1(=O)N=CN(C2CC2)c2ccc(F)c(Cl)c21. The van der Waals surface area contributed by atoms with Crippen molar-refractivity contribution < 1.29 is 12.8 Å². The minimum atomic E-state index is -3.88. The molecule has 0 amide bonds. The van der Waals surface area contributed by atoms with Gasteiger partial charge in [0.2, 0.25) is 0 Å². The maximum atomic E-state index is 13.3. The van der Waals surface area contributed by atoms with Gasteiger partial charge in [0.15, 0.2) is 0 Å². The molecule has 17 heavy (non-hydrogen) atoms. The molecule has 90 valence electrons. The Morgan fingerprint density at radius 3 is 2.76 bits per heavy atom. The van der Waals surface area contributed by atoms with E-state index in [4.69, 9.17) is 11.6 Å². The lowest BCUT2D eigenvalue weighted by Gasteiger charge is -2.25. The topological polar surface area (TPSA) is 49.7 Å². The first-order valence-electron chi connectivity index (χ1n) is 5.07. The van der Waals surface area contributed by atoms with Crippen molar-refractivity contribution in [1.29, 1.82) is 0 Å². The first-order valence-corrected chi connectivity index (χ1v) is 6.89. The summed E-state index contributed by atoms with van der Waals surface area (Å²) in [6.45, 7) is 0. The molecular formula is C10H8ClFN2O2S. The Labute approximate surface area is 103 Å². The monoisotopic (exact) mass is 274 g/mol. The molecule has 0 radical (unpaired) electrons. The smallest absolute Gasteiger partial charge is 0.287 e. The Hall–Kier alpha value is -1.14. The zero-order valence-corrected chi connectivity index (χ0v) is 10.2. The van der Waals surface area contributed by atoms with E-state index in [-0.39, 0.29) is 16.0 Å². The van der Waals surface area contributed by atoms with Crippen LogP contribution in [0.3, 0.4) is 0 Å². The predicted molar refractivity (Wildman–Crippen MR) is 62.6 cm³/mol. The van der Waals surface area contributed by atoms with Crippen LogP contribution >= 0.6 is 11.6 Å². The molecule has 0 bridgehead atoms. The average Bonchev–Trinajstić information content (AvgIpc) is 3.06. The molecule has 1 aliphatic carbocycles. The Morgan fingerprint density at radius 2 is 2.12 bits per heavy atom. The summed E-state index contributed by atoms with van der Waals surface area (Å²) in [5.41, 5.74) is 0.411. The van der Waals surface area contributed by atoms with Gasteiger partial charge in [0.1, 0.15) is 17.1 Å². The summed E-state index contributed by atoms with van der Waals surface area (Å²) in [4.78, 5) is 1.51. The van der Waals surface area contributed by atoms with Crippen LogP contribution in [-0.2, 0) is 10.0 Å². The highest BCUT2D eigenvalue weighted by Crippen LogP contribution is 2.41. The first kappa shape index (κ1) is 11.0. The number of benzene rings is 1. The molecule has 1 aromatic rings. The van der Waals surface area contributed by atoms with E-state index in [1.54, 1.807) is 4.90 Å². The highest BCUT2D eigenvalue weighted by Gasteiger charge is 2.36. The second-order valence-corrected chi connectivity index (χ2v) is 5.99. The van der Waals surface area contributed by atoms with Gasteiger partial charge >= 0.3 is 0 Å². The first-order chi connectivity index (χ1) is 8.00. The summed E-state index contributed by atoms with van der Waals surface area (Å²) in [5.74, 6) is -0.748. The van der Waals surface area contributed by atoms with Gasteiger partial charge in [-0.25, -0.2) is 4.39 Å². The normalized spacial score (nSPS) is 21.4. The van der Waals surface area contributed by atoms with Gasteiger partial charge in [0.05, 0.1) is 10.7 Å². The molecule has 0 saturated heterocycles. The third kappa shape index (κ3) is 1.63. The molecule has 2 aliphatic rings. The largest absolute Gasteiger partial charge is 0.327 e. The van der Waals surface area contributed by atoms with Crippen LogP contribution in [0.25, 0.3) is 0 Å². The number of nitrogens with zero attached hydrogens (tertiary/aromatic N) is 2. The van der Waals surface area contributed by atoms with Crippen molar-refractivity contribution in [1.82, 2.24) is 0 Å². The number of fused-ring (bicyclic) bond motifs is 1. The minimum Gasteiger partial charge on any atom is -0.327 e. The quantitative estimate of drug-likeness (QED) is 0.789. The van der Waals surface area contributed by atoms with Gasteiger partial charge in [-0.3, -0.25) is 0 Å². The standard InChI is InChI=1S/C10H8ClFN2O2S/c11-9-7(12)3-4-8-10(9)17(15,16)13-5-14(8)6-1-2-6/h3-6H,1-2H2. The van der Waals surface area contributed by atoms with E-state index in [2.05, 4.69) is 4.40 Å². The van der Waals surface area contributed by atoms with Gasteiger partial charge in [-0.1, -0.05) is 11.6 Å². The third-order valence-electron chi connectivity index (χ3n) is 2.82. The van der Waals surface area contributed by atoms with E-state index >= 15 is 0 Å². The van der Waals surface area contributed by atoms with E-state index in [0.717, 1.165) is 12.8 Å². The molecule has 0 spiro atoms. The van der Waals surface area contributed by atoms with E-state index in [9.17, 15) is 12.8 Å². The van der Waals surface area contributed by atoms with Crippen LogP contribution in [0.15, 0.2) is 21.4 Å². The van der Waals surface area contributed by atoms with Crippen molar-refractivity contribution in [3.05, 3.63) is 23.0 Å². The van der Waals surface area contributed by atoms with E-state index in [1.165, 1.54) is 18.5 Å². The maximum Gasteiger partial charge on any atom is 0.287 e. The molecule has 4 nitrogen and oxygen atoms in total. The zero-order chi connectivity index (χ0) is 12.2. The zero-order valence-electron chi connectivity index (χ0n) is 8.60. The molecule has 1 aromatic carbocycles. The van der Waals surface area contributed by atoms with E-state index in [0.29, 0.717) is 5.69 Å². The van der Waals surface area contributed by atoms with Crippen molar-refractivity contribution in [2.24, 2.45) is 4.40 Å². The number of anilines is 1. The van der Waals surface area contributed by atoms with Crippen molar-refractivity contribution >= 4 is 33.7 Å². The lowest BCUT2D eigenvalue weighted by molar-refractivity contribution is 0.591. The van der Waals surface area contributed by atoms with Crippen molar-refractivity contribution in [2.45, 2.75) is 23.8 Å². The van der Waals surface area contributed by atoms with Crippen molar-refractivity contribution in [2.75, 3.05) is 4.90 Å². The Kier molecular flexibility index (Phi) is 2.21. The van der Waals surface area contributed by atoms with Crippen LogP contribution < -0.4 is 4.90 Å². The molecule has 7 heteroatoms. The fraction of sp³-hybridized carbons (Fsp3) is 0.300. The van der Waals surface area contributed by atoms with Crippen LogP contribution in [0.5, 0.6) is 0 Å². The van der Waals surface area contributed by atoms with Crippen LogP contribution in [0.2, 0.25) is 5.02 Å². The summed E-state index contributed by atoms with van der Waals surface area (Å²) in [6, 6.07) is 2.84. The van der Waals surface area contributed by atoms with Gasteiger partial charge in [-0.05, 0) is 25.0 Å². The Morgan fingerprint density at radius 1 is 1.41 bits per heavy atom. The summed E-state index contributed by atoms with van der Waals surface area (Å²) < 4.78 is 40.3. The number of hydrogen-bond donors (Lipinski definition) is 0. The minimum absolute atomic E-state index is 0.228. The van der Waals surface area contributed by atoms with Crippen molar-refractivity contribution in [3.63, 3.8) is 0 Å². The van der Waals surface area contributed by atoms with Crippen LogP contribution in [0.1, 0.15) is 12.8 Å². The summed E-state index contributed by atoms with van der Waals surface area (Å²) in [5, 5.41) is -0.384.